The van der Waals surface area contributed by atoms with Gasteiger partial charge in [-0.05, 0) is 54.2 Å². The molecule has 0 aromatic carbocycles. The van der Waals surface area contributed by atoms with Crippen LogP contribution in [0.2, 0.25) is 0 Å². The number of Topliss-reactive ketones (excluding diaryl/α,β-unsaturated/α-hetero) is 1. The molecule has 1 saturated carbocycles. The summed E-state index contributed by atoms with van der Waals surface area (Å²) in [6, 6.07) is 0. The third-order valence-electron chi connectivity index (χ3n) is 3.77. The van der Waals surface area contributed by atoms with E-state index in [1.165, 1.54) is 37.7 Å². The highest BCUT2D eigenvalue weighted by molar-refractivity contribution is 14.1. The first-order chi connectivity index (χ1) is 6.70. The number of rotatable bonds is 1. The van der Waals surface area contributed by atoms with Gasteiger partial charge in [-0.2, -0.15) is 0 Å². The second-order valence-corrected chi connectivity index (χ2v) is 5.71. The molecule has 78 valence electrons. The maximum absolute atomic E-state index is 11.6. The predicted molar refractivity (Wildman–Crippen MR) is 66.4 cm³/mol. The molecule has 0 aromatic rings. The molecule has 0 amide bonds. The van der Waals surface area contributed by atoms with Gasteiger partial charge in [-0.25, -0.2) is 0 Å². The number of hydrogen-bond acceptors (Lipinski definition) is 1. The van der Waals surface area contributed by atoms with Crippen LogP contribution in [-0.4, -0.2) is 5.78 Å². The van der Waals surface area contributed by atoms with Crippen molar-refractivity contribution in [3.8, 4) is 0 Å². The molecule has 2 rings (SSSR count). The lowest BCUT2D eigenvalue weighted by molar-refractivity contribution is -0.114. The largest absolute Gasteiger partial charge is 0.294 e. The van der Waals surface area contributed by atoms with Gasteiger partial charge in [0.15, 0.2) is 5.78 Å². The van der Waals surface area contributed by atoms with Crippen molar-refractivity contribution in [2.24, 2.45) is 11.8 Å². The van der Waals surface area contributed by atoms with Gasteiger partial charge in [-0.15, -0.1) is 0 Å². The van der Waals surface area contributed by atoms with E-state index in [4.69, 9.17) is 0 Å². The van der Waals surface area contributed by atoms with Crippen LogP contribution in [0.1, 0.15) is 45.4 Å². The molecule has 0 radical (unpaired) electrons. The number of carbonyl (C=O) groups excluding carboxylic acids is 1. The summed E-state index contributed by atoms with van der Waals surface area (Å²) in [5.41, 5.74) is 1.38. The highest BCUT2D eigenvalue weighted by Gasteiger charge is 2.34. The Morgan fingerprint density at radius 2 is 1.86 bits per heavy atom. The topological polar surface area (TPSA) is 17.1 Å². The molecule has 1 nitrogen and oxygen atoms in total. The summed E-state index contributed by atoms with van der Waals surface area (Å²) < 4.78 is 1.03. The maximum atomic E-state index is 11.6. The van der Waals surface area contributed by atoms with Crippen molar-refractivity contribution < 1.29 is 4.79 Å². The number of carbonyl (C=O) groups is 1. The maximum Gasteiger partial charge on any atom is 0.169 e. The first-order valence-corrected chi connectivity index (χ1v) is 6.67. The lowest BCUT2D eigenvalue weighted by Crippen LogP contribution is -2.17. The molecule has 0 bridgehead atoms. The van der Waals surface area contributed by atoms with Gasteiger partial charge in [0.25, 0.3) is 0 Å². The molecule has 0 aliphatic heterocycles. The van der Waals surface area contributed by atoms with Gasteiger partial charge in [0.2, 0.25) is 0 Å². The molecule has 0 unspecified atom stereocenters. The van der Waals surface area contributed by atoms with E-state index in [9.17, 15) is 4.79 Å². The van der Waals surface area contributed by atoms with Crippen molar-refractivity contribution in [1.29, 1.82) is 0 Å². The summed E-state index contributed by atoms with van der Waals surface area (Å²) in [6.07, 6.45) is 7.64. The van der Waals surface area contributed by atoms with Crippen LogP contribution in [0.3, 0.4) is 0 Å². The highest BCUT2D eigenvalue weighted by Crippen LogP contribution is 2.42. The zero-order valence-corrected chi connectivity index (χ0v) is 10.8. The summed E-state index contributed by atoms with van der Waals surface area (Å²) in [7, 11) is 0. The van der Waals surface area contributed by atoms with Crippen LogP contribution in [0.15, 0.2) is 9.15 Å². The van der Waals surface area contributed by atoms with E-state index in [2.05, 4.69) is 29.5 Å². The Balaban J connectivity index is 2.09. The monoisotopic (exact) mass is 304 g/mol. The molecule has 0 heterocycles. The van der Waals surface area contributed by atoms with Gasteiger partial charge >= 0.3 is 0 Å². The summed E-state index contributed by atoms with van der Waals surface area (Å²) in [6.45, 7) is 2.16. The van der Waals surface area contributed by atoms with E-state index in [1.54, 1.807) is 0 Å². The molecular weight excluding hydrogens is 287 g/mol. The van der Waals surface area contributed by atoms with E-state index >= 15 is 0 Å². The van der Waals surface area contributed by atoms with Crippen LogP contribution in [0.5, 0.6) is 0 Å². The fourth-order valence-electron chi connectivity index (χ4n) is 2.88. The van der Waals surface area contributed by atoms with Crippen LogP contribution in [0.4, 0.5) is 0 Å². The quantitative estimate of drug-likeness (QED) is 0.672. The average molecular weight is 304 g/mol. The fraction of sp³-hybridized carbons (Fsp3) is 0.750. The Labute approximate surface area is 99.5 Å². The van der Waals surface area contributed by atoms with Crippen LogP contribution >= 0.6 is 22.6 Å². The molecule has 1 atom stereocenters. The molecule has 2 aliphatic carbocycles. The normalized spacial score (nSPS) is 30.1. The van der Waals surface area contributed by atoms with Crippen LogP contribution in [0.25, 0.3) is 0 Å². The molecule has 1 fully saturated rings. The average Bonchev–Trinajstić information content (AvgIpc) is 2.47. The number of hydrogen-bond donors (Lipinski definition) is 0. The smallest absolute Gasteiger partial charge is 0.169 e. The third-order valence-corrected chi connectivity index (χ3v) is 5.22. The lowest BCUT2D eigenvalue weighted by Gasteiger charge is -2.27. The lowest BCUT2D eigenvalue weighted by atomic mass is 9.77. The van der Waals surface area contributed by atoms with E-state index in [0.29, 0.717) is 11.7 Å². The van der Waals surface area contributed by atoms with Crippen molar-refractivity contribution in [2.75, 3.05) is 0 Å². The minimum atomic E-state index is 0.388. The first-order valence-electron chi connectivity index (χ1n) is 5.59. The molecule has 0 aromatic heterocycles. The van der Waals surface area contributed by atoms with Crippen LogP contribution in [0, 0.1) is 11.8 Å². The van der Waals surface area contributed by atoms with Gasteiger partial charge in [-0.3, -0.25) is 4.79 Å². The Hall–Kier alpha value is 0.140. The first kappa shape index (κ1) is 10.7. The summed E-state index contributed by atoms with van der Waals surface area (Å²) in [5.74, 6) is 1.79. The Morgan fingerprint density at radius 1 is 1.21 bits per heavy atom. The SMILES string of the molecule is CC1=C(I)C(=O)C[C@H]1C1CCCCC1. The van der Waals surface area contributed by atoms with Crippen LogP contribution in [-0.2, 0) is 4.79 Å². The van der Waals surface area contributed by atoms with Gasteiger partial charge in [0.05, 0.1) is 3.58 Å². The number of halogens is 1. The molecular formula is C12H17IO. The van der Waals surface area contributed by atoms with Crippen molar-refractivity contribution >= 4 is 28.4 Å². The van der Waals surface area contributed by atoms with Gasteiger partial charge in [0.1, 0.15) is 0 Å². The fourth-order valence-corrected chi connectivity index (χ4v) is 3.50. The van der Waals surface area contributed by atoms with E-state index in [-0.39, 0.29) is 0 Å². The Kier molecular flexibility index (Phi) is 3.30. The molecule has 2 aliphatic rings. The van der Waals surface area contributed by atoms with Crippen molar-refractivity contribution in [1.82, 2.24) is 0 Å². The minimum Gasteiger partial charge on any atom is -0.294 e. The second-order valence-electron chi connectivity index (χ2n) is 4.63. The zero-order valence-electron chi connectivity index (χ0n) is 8.68. The van der Waals surface area contributed by atoms with Crippen molar-refractivity contribution in [3.05, 3.63) is 9.15 Å². The van der Waals surface area contributed by atoms with E-state index < -0.39 is 0 Å². The van der Waals surface area contributed by atoms with Crippen molar-refractivity contribution in [3.63, 3.8) is 0 Å². The standard InChI is InChI=1S/C12H17IO/c1-8-10(7-11(14)12(8)13)9-5-3-2-4-6-9/h9-10H,2-7H2,1H3/t10-/m1/s1. The number of ketones is 1. The minimum absolute atomic E-state index is 0.388. The Morgan fingerprint density at radius 3 is 2.36 bits per heavy atom. The molecule has 14 heavy (non-hydrogen) atoms. The van der Waals surface area contributed by atoms with Gasteiger partial charge in [0, 0.05) is 6.42 Å². The van der Waals surface area contributed by atoms with Crippen LogP contribution < -0.4 is 0 Å². The molecule has 2 heteroatoms. The summed E-state index contributed by atoms with van der Waals surface area (Å²) in [5, 5.41) is 0. The zero-order chi connectivity index (χ0) is 10.1. The van der Waals surface area contributed by atoms with E-state index in [0.717, 1.165) is 15.9 Å². The molecule has 0 saturated heterocycles. The van der Waals surface area contributed by atoms with Crippen molar-refractivity contribution in [2.45, 2.75) is 45.4 Å². The second kappa shape index (κ2) is 4.33. The highest BCUT2D eigenvalue weighted by atomic mass is 127. The molecule has 0 N–H and O–H groups in total. The molecule has 0 spiro atoms. The predicted octanol–water partition coefficient (Wildman–Crippen LogP) is 3.86. The van der Waals surface area contributed by atoms with Gasteiger partial charge in [-0.1, -0.05) is 24.8 Å². The van der Waals surface area contributed by atoms with E-state index in [1.807, 2.05) is 0 Å². The summed E-state index contributed by atoms with van der Waals surface area (Å²) >= 11 is 2.23. The number of allylic oxidation sites excluding steroid dienone is 2. The third kappa shape index (κ3) is 1.90. The Bertz CT molecular complexity index is 274. The van der Waals surface area contributed by atoms with Gasteiger partial charge < -0.3 is 0 Å². The summed E-state index contributed by atoms with van der Waals surface area (Å²) in [4.78, 5) is 11.6.